The van der Waals surface area contributed by atoms with Gasteiger partial charge in [-0.25, -0.2) is 4.49 Å². The Hall–Kier alpha value is -0.970. The number of aromatic nitrogens is 4. The van der Waals surface area contributed by atoms with E-state index >= 15 is 0 Å². The van der Waals surface area contributed by atoms with E-state index in [0.29, 0.717) is 5.82 Å². The lowest BCUT2D eigenvalue weighted by molar-refractivity contribution is 1.03. The maximum absolute atomic E-state index is 3.80. The molecule has 8 heavy (non-hydrogen) atoms. The van der Waals surface area contributed by atoms with Gasteiger partial charge in [-0.05, 0) is 11.5 Å². The van der Waals surface area contributed by atoms with Crippen LogP contribution in [-0.2, 0) is 0 Å². The zero-order valence-electron chi connectivity index (χ0n) is 3.83. The second-order valence-electron chi connectivity index (χ2n) is 1.34. The molecular weight excluding hydrogens is 124 g/mol. The molecule has 0 fully saturated rings. The van der Waals surface area contributed by atoms with Crippen molar-refractivity contribution < 1.29 is 0 Å². The summed E-state index contributed by atoms with van der Waals surface area (Å²) < 4.78 is 2.71. The van der Waals surface area contributed by atoms with E-state index in [1.807, 2.05) is 0 Å². The molecule has 0 aliphatic carbocycles. The summed E-state index contributed by atoms with van der Waals surface area (Å²) in [7, 11) is 0. The zero-order chi connectivity index (χ0) is 5.40. The first kappa shape index (κ1) is 3.96. The lowest BCUT2D eigenvalue weighted by Crippen LogP contribution is -1.71. The number of aromatic amines is 1. The lowest BCUT2D eigenvalue weighted by atomic mass is 10.6. The largest absolute Gasteiger partial charge is 0.229 e. The summed E-state index contributed by atoms with van der Waals surface area (Å²) in [6, 6.07) is 0. The van der Waals surface area contributed by atoms with Crippen molar-refractivity contribution >= 4 is 11.5 Å². The van der Waals surface area contributed by atoms with E-state index < -0.39 is 0 Å². The van der Waals surface area contributed by atoms with Gasteiger partial charge in [-0.2, -0.15) is 5.10 Å². The van der Waals surface area contributed by atoms with Crippen LogP contribution in [0.5, 0.6) is 0 Å². The minimum Gasteiger partial charge on any atom is -0.229 e. The van der Waals surface area contributed by atoms with E-state index in [4.69, 9.17) is 0 Å². The summed E-state index contributed by atoms with van der Waals surface area (Å²) in [5.74, 6) is 0.704. The van der Waals surface area contributed by atoms with Crippen LogP contribution >= 0.6 is 11.5 Å². The van der Waals surface area contributed by atoms with Crippen LogP contribution in [0.25, 0.3) is 10.7 Å². The standard InChI is InChI=1S/C3H2N4S/c1-2-3(5-4-1)6-7-8-2/h1,7H. The average molecular weight is 126 g/mol. The van der Waals surface area contributed by atoms with Crippen molar-refractivity contribution in [3.05, 3.63) is 6.20 Å². The Kier molecular flexibility index (Phi) is 0.621. The molecule has 4 nitrogen and oxygen atoms in total. The highest BCUT2D eigenvalue weighted by molar-refractivity contribution is 7.09. The van der Waals surface area contributed by atoms with Crippen LogP contribution in [-0.4, -0.2) is 19.8 Å². The summed E-state index contributed by atoms with van der Waals surface area (Å²) in [5.41, 5.74) is 0. The fraction of sp³-hybridized carbons (Fsp3) is 0. The van der Waals surface area contributed by atoms with Crippen molar-refractivity contribution in [1.29, 1.82) is 0 Å². The first-order valence-corrected chi connectivity index (χ1v) is 2.89. The van der Waals surface area contributed by atoms with Gasteiger partial charge in [-0.1, -0.05) is 0 Å². The summed E-state index contributed by atoms with van der Waals surface area (Å²) in [6.45, 7) is 0. The normalized spacial score (nSPS) is 10.5. The Balaban J connectivity index is 2.84. The molecule has 2 rings (SSSR count). The minimum absolute atomic E-state index is 0.704. The SMILES string of the molecule is c1nnc2n[nH]sc1-2. The molecule has 2 aliphatic heterocycles. The van der Waals surface area contributed by atoms with Gasteiger partial charge >= 0.3 is 0 Å². The molecule has 0 bridgehead atoms. The maximum Gasteiger partial charge on any atom is 0.215 e. The van der Waals surface area contributed by atoms with Crippen molar-refractivity contribution in [2.75, 3.05) is 0 Å². The highest BCUT2D eigenvalue weighted by Gasteiger charge is 2.05. The van der Waals surface area contributed by atoms with E-state index in [-0.39, 0.29) is 0 Å². The van der Waals surface area contributed by atoms with Crippen LogP contribution in [0.3, 0.4) is 0 Å². The predicted molar refractivity (Wildman–Crippen MR) is 28.7 cm³/mol. The molecule has 2 heterocycles. The van der Waals surface area contributed by atoms with Crippen LogP contribution < -0.4 is 0 Å². The number of hydrogen-bond donors (Lipinski definition) is 1. The summed E-state index contributed by atoms with van der Waals surface area (Å²) >= 11 is 1.43. The summed E-state index contributed by atoms with van der Waals surface area (Å²) in [4.78, 5) is 1.00. The molecule has 0 spiro atoms. The van der Waals surface area contributed by atoms with Gasteiger partial charge in [0.05, 0.1) is 6.20 Å². The number of rotatable bonds is 0. The third-order valence-corrected chi connectivity index (χ3v) is 1.55. The Morgan fingerprint density at radius 2 is 2.62 bits per heavy atom. The van der Waals surface area contributed by atoms with Crippen molar-refractivity contribution in [3.63, 3.8) is 0 Å². The molecule has 0 atom stereocenters. The fourth-order valence-electron chi connectivity index (χ4n) is 0.508. The third-order valence-electron chi connectivity index (χ3n) is 0.855. The van der Waals surface area contributed by atoms with Crippen LogP contribution in [0.2, 0.25) is 0 Å². The molecule has 0 radical (unpaired) electrons. The molecule has 1 N–H and O–H groups in total. The molecule has 5 heteroatoms. The number of hydrogen-bond acceptors (Lipinski definition) is 4. The van der Waals surface area contributed by atoms with Crippen LogP contribution in [0.4, 0.5) is 0 Å². The van der Waals surface area contributed by atoms with E-state index in [0.717, 1.165) is 4.88 Å². The van der Waals surface area contributed by atoms with Gasteiger partial charge in [0.1, 0.15) is 4.88 Å². The number of H-pyrrole nitrogens is 1. The highest BCUT2D eigenvalue weighted by atomic mass is 32.1. The Bertz CT molecular complexity index is 203. The predicted octanol–water partition coefficient (Wildman–Crippen LogP) is 0.366. The van der Waals surface area contributed by atoms with Crippen LogP contribution in [0.1, 0.15) is 0 Å². The average Bonchev–Trinajstić information content (AvgIpc) is 2.15. The van der Waals surface area contributed by atoms with Crippen molar-refractivity contribution in [1.82, 2.24) is 19.8 Å². The van der Waals surface area contributed by atoms with E-state index in [1.165, 1.54) is 11.5 Å². The van der Waals surface area contributed by atoms with Gasteiger partial charge in [-0.3, -0.25) is 0 Å². The van der Waals surface area contributed by atoms with Crippen LogP contribution in [0.15, 0.2) is 6.20 Å². The molecule has 40 valence electrons. The molecule has 2 aliphatic rings. The van der Waals surface area contributed by atoms with Crippen molar-refractivity contribution in [2.24, 2.45) is 0 Å². The summed E-state index contributed by atoms with van der Waals surface area (Å²) in [6.07, 6.45) is 1.68. The second kappa shape index (κ2) is 1.25. The molecular formula is C3H2N4S. The van der Waals surface area contributed by atoms with Crippen LogP contribution in [0, 0.1) is 0 Å². The quantitative estimate of drug-likeness (QED) is 0.554. The molecule has 0 aromatic carbocycles. The second-order valence-corrected chi connectivity index (χ2v) is 2.16. The van der Waals surface area contributed by atoms with Gasteiger partial charge in [0, 0.05) is 0 Å². The van der Waals surface area contributed by atoms with Gasteiger partial charge in [0.15, 0.2) is 0 Å². The fourth-order valence-corrected chi connectivity index (χ4v) is 1.02. The van der Waals surface area contributed by atoms with E-state index in [2.05, 4.69) is 19.8 Å². The topological polar surface area (TPSA) is 54.5 Å². The molecule has 0 aromatic rings. The molecule has 0 aromatic heterocycles. The monoisotopic (exact) mass is 126 g/mol. The van der Waals surface area contributed by atoms with Gasteiger partial charge < -0.3 is 0 Å². The Morgan fingerprint density at radius 3 is 3.50 bits per heavy atom. The summed E-state index contributed by atoms with van der Waals surface area (Å²) in [5, 5.41) is 11.1. The van der Waals surface area contributed by atoms with Gasteiger partial charge in [-0.15, -0.1) is 10.2 Å². The number of nitrogens with one attached hydrogen (secondary N) is 1. The highest BCUT2D eigenvalue weighted by Crippen LogP contribution is 2.17. The van der Waals surface area contributed by atoms with Crippen molar-refractivity contribution in [3.8, 4) is 10.7 Å². The maximum atomic E-state index is 3.80. The zero-order valence-corrected chi connectivity index (χ0v) is 4.64. The number of nitrogens with zero attached hydrogens (tertiary/aromatic N) is 3. The first-order chi connectivity index (χ1) is 3.97. The molecule has 0 saturated carbocycles. The lowest BCUT2D eigenvalue weighted by Gasteiger charge is -1.67. The molecule has 0 unspecified atom stereocenters. The van der Waals surface area contributed by atoms with E-state index in [1.54, 1.807) is 6.20 Å². The minimum atomic E-state index is 0.704. The number of fused-ring (bicyclic) bond motifs is 1. The smallest absolute Gasteiger partial charge is 0.215 e. The first-order valence-electron chi connectivity index (χ1n) is 2.08. The Morgan fingerprint density at radius 1 is 1.62 bits per heavy atom. The van der Waals surface area contributed by atoms with E-state index in [9.17, 15) is 0 Å². The Labute approximate surface area is 49.1 Å². The van der Waals surface area contributed by atoms with Crippen molar-refractivity contribution in [2.45, 2.75) is 0 Å². The van der Waals surface area contributed by atoms with Gasteiger partial charge in [0.2, 0.25) is 5.82 Å². The molecule has 0 amide bonds. The third kappa shape index (κ3) is 0.362. The van der Waals surface area contributed by atoms with Gasteiger partial charge in [0.25, 0.3) is 0 Å². The molecule has 0 saturated heterocycles.